The number of hydrogen-bond acceptors (Lipinski definition) is 2. The third-order valence-electron chi connectivity index (χ3n) is 1.54. The molecule has 1 N–H and O–H groups in total. The summed E-state index contributed by atoms with van der Waals surface area (Å²) in [6.45, 7) is 3.60. The molecule has 0 aliphatic heterocycles. The van der Waals surface area contributed by atoms with Gasteiger partial charge < -0.3 is 5.11 Å². The van der Waals surface area contributed by atoms with E-state index in [4.69, 9.17) is 5.11 Å². The van der Waals surface area contributed by atoms with Crippen molar-refractivity contribution < 1.29 is 9.90 Å². The summed E-state index contributed by atoms with van der Waals surface area (Å²) in [6.07, 6.45) is 0. The highest BCUT2D eigenvalue weighted by atomic mass is 79.9. The lowest BCUT2D eigenvalue weighted by molar-refractivity contribution is 0.0689. The van der Waals surface area contributed by atoms with Gasteiger partial charge in [0.25, 0.3) is 0 Å². The molecular formula is C8H8BrNO2. The molecule has 0 atom stereocenters. The number of aromatic nitrogens is 1. The van der Waals surface area contributed by atoms with Crippen molar-refractivity contribution >= 4 is 21.9 Å². The van der Waals surface area contributed by atoms with Crippen LogP contribution in [0.4, 0.5) is 0 Å². The molecule has 0 spiro atoms. The topological polar surface area (TPSA) is 50.2 Å². The molecule has 4 heteroatoms. The number of pyridine rings is 1. The second-order valence-corrected chi connectivity index (χ2v) is 3.32. The van der Waals surface area contributed by atoms with Crippen LogP contribution in [0.25, 0.3) is 0 Å². The highest BCUT2D eigenvalue weighted by Crippen LogP contribution is 2.16. The zero-order valence-corrected chi connectivity index (χ0v) is 8.34. The molecule has 0 bridgehead atoms. The largest absolute Gasteiger partial charge is 0.477 e. The first kappa shape index (κ1) is 9.19. The third kappa shape index (κ3) is 1.64. The molecule has 0 aromatic carbocycles. The number of carboxylic acids is 1. The van der Waals surface area contributed by atoms with Gasteiger partial charge in [0.1, 0.15) is 4.60 Å². The number of aromatic carboxylic acids is 1. The lowest BCUT2D eigenvalue weighted by Gasteiger charge is -2.02. The van der Waals surface area contributed by atoms with Gasteiger partial charge in [0.2, 0.25) is 0 Å². The van der Waals surface area contributed by atoms with Crippen LogP contribution in [0.2, 0.25) is 0 Å². The van der Waals surface area contributed by atoms with Gasteiger partial charge >= 0.3 is 5.97 Å². The van der Waals surface area contributed by atoms with Crippen LogP contribution in [0.3, 0.4) is 0 Å². The maximum absolute atomic E-state index is 10.6. The molecule has 0 radical (unpaired) electrons. The molecule has 0 unspecified atom stereocenters. The van der Waals surface area contributed by atoms with Crippen LogP contribution in [-0.4, -0.2) is 16.1 Å². The minimum absolute atomic E-state index is 0.104. The van der Waals surface area contributed by atoms with Crippen LogP contribution in [0.15, 0.2) is 10.7 Å². The van der Waals surface area contributed by atoms with Crippen molar-refractivity contribution in [1.29, 1.82) is 0 Å². The van der Waals surface area contributed by atoms with E-state index in [9.17, 15) is 4.79 Å². The minimum atomic E-state index is -0.992. The van der Waals surface area contributed by atoms with E-state index in [0.717, 1.165) is 5.56 Å². The van der Waals surface area contributed by atoms with Gasteiger partial charge in [-0.15, -0.1) is 0 Å². The fourth-order valence-electron chi connectivity index (χ4n) is 0.944. The van der Waals surface area contributed by atoms with Crippen LogP contribution < -0.4 is 0 Å². The van der Waals surface area contributed by atoms with Crippen molar-refractivity contribution in [3.63, 3.8) is 0 Å². The first-order valence-electron chi connectivity index (χ1n) is 3.39. The zero-order valence-electron chi connectivity index (χ0n) is 6.76. The lowest BCUT2D eigenvalue weighted by Crippen LogP contribution is -2.04. The summed E-state index contributed by atoms with van der Waals surface area (Å²) < 4.78 is 0.588. The molecule has 0 fully saturated rings. The van der Waals surface area contributed by atoms with E-state index >= 15 is 0 Å². The summed E-state index contributed by atoms with van der Waals surface area (Å²) in [7, 11) is 0. The van der Waals surface area contributed by atoms with Gasteiger partial charge in [-0.05, 0) is 40.9 Å². The van der Waals surface area contributed by atoms with Crippen LogP contribution in [0, 0.1) is 13.8 Å². The summed E-state index contributed by atoms with van der Waals surface area (Å²) >= 11 is 3.17. The molecule has 1 heterocycles. The second-order valence-electron chi connectivity index (χ2n) is 2.57. The fourth-order valence-corrected chi connectivity index (χ4v) is 1.24. The second kappa shape index (κ2) is 3.23. The van der Waals surface area contributed by atoms with Gasteiger partial charge in [-0.1, -0.05) is 6.07 Å². The Morgan fingerprint density at radius 1 is 1.50 bits per heavy atom. The Morgan fingerprint density at radius 2 is 2.08 bits per heavy atom. The van der Waals surface area contributed by atoms with Gasteiger partial charge in [-0.2, -0.15) is 0 Å². The number of carbonyl (C=O) groups is 1. The Kier molecular flexibility index (Phi) is 2.47. The van der Waals surface area contributed by atoms with Gasteiger partial charge in [0.05, 0.1) is 0 Å². The van der Waals surface area contributed by atoms with Gasteiger partial charge in [-0.3, -0.25) is 0 Å². The molecule has 64 valence electrons. The molecule has 0 aliphatic rings. The van der Waals surface area contributed by atoms with E-state index in [1.807, 2.05) is 6.92 Å². The van der Waals surface area contributed by atoms with Gasteiger partial charge in [-0.25, -0.2) is 9.78 Å². The van der Waals surface area contributed by atoms with E-state index in [-0.39, 0.29) is 5.69 Å². The smallest absolute Gasteiger partial charge is 0.354 e. The highest BCUT2D eigenvalue weighted by Gasteiger charge is 2.10. The molecule has 1 aromatic rings. The maximum atomic E-state index is 10.6. The standard InChI is InChI=1S/C8H8BrNO2/c1-4-3-5(2)7(9)10-6(4)8(11)12/h3H,1-2H3,(H,11,12). The van der Waals surface area contributed by atoms with Crippen LogP contribution in [0.1, 0.15) is 21.6 Å². The van der Waals surface area contributed by atoms with Gasteiger partial charge in [0.15, 0.2) is 5.69 Å². The highest BCUT2D eigenvalue weighted by molar-refractivity contribution is 9.10. The summed E-state index contributed by atoms with van der Waals surface area (Å²) in [5.74, 6) is -0.992. The minimum Gasteiger partial charge on any atom is -0.477 e. The number of hydrogen-bond donors (Lipinski definition) is 1. The molecule has 0 saturated heterocycles. The SMILES string of the molecule is Cc1cc(C)c(C(=O)O)nc1Br. The fraction of sp³-hybridized carbons (Fsp3) is 0.250. The van der Waals surface area contributed by atoms with Crippen molar-refractivity contribution in [2.75, 3.05) is 0 Å². The Labute approximate surface area is 78.6 Å². The van der Waals surface area contributed by atoms with E-state index in [0.29, 0.717) is 10.2 Å². The van der Waals surface area contributed by atoms with Crippen LogP contribution in [0.5, 0.6) is 0 Å². The van der Waals surface area contributed by atoms with E-state index in [1.54, 1.807) is 13.0 Å². The van der Waals surface area contributed by atoms with Crippen molar-refractivity contribution in [3.8, 4) is 0 Å². The number of rotatable bonds is 1. The summed E-state index contributed by atoms with van der Waals surface area (Å²) in [5, 5.41) is 8.70. The third-order valence-corrected chi connectivity index (χ3v) is 2.35. The molecule has 12 heavy (non-hydrogen) atoms. The van der Waals surface area contributed by atoms with Gasteiger partial charge in [0, 0.05) is 0 Å². The number of halogens is 1. The Morgan fingerprint density at radius 3 is 2.58 bits per heavy atom. The van der Waals surface area contributed by atoms with Crippen molar-refractivity contribution in [2.45, 2.75) is 13.8 Å². The summed E-state index contributed by atoms with van der Waals surface area (Å²) in [5.41, 5.74) is 1.73. The Balaban J connectivity index is 3.33. The van der Waals surface area contributed by atoms with Crippen molar-refractivity contribution in [2.24, 2.45) is 0 Å². The molecule has 0 amide bonds. The maximum Gasteiger partial charge on any atom is 0.354 e. The summed E-state index contributed by atoms with van der Waals surface area (Å²) in [4.78, 5) is 14.5. The summed E-state index contributed by atoms with van der Waals surface area (Å²) in [6, 6.07) is 1.79. The number of aryl methyl sites for hydroxylation is 2. The average Bonchev–Trinajstić information content (AvgIpc) is 1.96. The molecule has 1 rings (SSSR count). The molecule has 3 nitrogen and oxygen atoms in total. The Hall–Kier alpha value is -0.900. The number of carboxylic acid groups (broad SMARTS) is 1. The van der Waals surface area contributed by atoms with Crippen LogP contribution >= 0.6 is 15.9 Å². The van der Waals surface area contributed by atoms with E-state index < -0.39 is 5.97 Å². The zero-order chi connectivity index (χ0) is 9.30. The molecule has 1 aromatic heterocycles. The van der Waals surface area contributed by atoms with E-state index in [2.05, 4.69) is 20.9 Å². The Bertz CT molecular complexity index is 336. The number of nitrogens with zero attached hydrogens (tertiary/aromatic N) is 1. The first-order chi connectivity index (χ1) is 5.52. The normalized spacial score (nSPS) is 9.92. The van der Waals surface area contributed by atoms with Crippen LogP contribution in [-0.2, 0) is 0 Å². The predicted octanol–water partition coefficient (Wildman–Crippen LogP) is 2.16. The average molecular weight is 230 g/mol. The molecular weight excluding hydrogens is 222 g/mol. The first-order valence-corrected chi connectivity index (χ1v) is 4.18. The van der Waals surface area contributed by atoms with E-state index in [1.165, 1.54) is 0 Å². The monoisotopic (exact) mass is 229 g/mol. The molecule has 0 aliphatic carbocycles. The lowest BCUT2D eigenvalue weighted by atomic mass is 10.2. The quantitative estimate of drug-likeness (QED) is 0.752. The predicted molar refractivity (Wildman–Crippen MR) is 48.4 cm³/mol. The van der Waals surface area contributed by atoms with Crippen molar-refractivity contribution in [3.05, 3.63) is 27.5 Å². The molecule has 0 saturated carbocycles. The van der Waals surface area contributed by atoms with Crippen molar-refractivity contribution in [1.82, 2.24) is 4.98 Å².